The summed E-state index contributed by atoms with van der Waals surface area (Å²) >= 11 is 1.59. The van der Waals surface area contributed by atoms with Crippen molar-refractivity contribution in [2.24, 2.45) is 5.41 Å². The lowest BCUT2D eigenvalue weighted by atomic mass is 9.97. The van der Waals surface area contributed by atoms with Crippen molar-refractivity contribution in [2.75, 3.05) is 24.7 Å². The molecule has 0 aliphatic heterocycles. The van der Waals surface area contributed by atoms with Crippen LogP contribution in [0.5, 0.6) is 0 Å². The molecule has 174 valence electrons. The van der Waals surface area contributed by atoms with Gasteiger partial charge in [0.1, 0.15) is 6.61 Å². The van der Waals surface area contributed by atoms with E-state index in [2.05, 4.69) is 13.5 Å². The summed E-state index contributed by atoms with van der Waals surface area (Å²) in [5, 5.41) is 0. The maximum Gasteiger partial charge on any atom is 0.330 e. The van der Waals surface area contributed by atoms with Gasteiger partial charge in [-0.2, -0.15) is 11.8 Å². The first-order valence-electron chi connectivity index (χ1n) is 10.5. The van der Waals surface area contributed by atoms with E-state index >= 15 is 0 Å². The average molecular weight is 433 g/mol. The van der Waals surface area contributed by atoms with Crippen molar-refractivity contribution < 1.29 is 19.1 Å². The lowest BCUT2D eigenvalue weighted by Crippen LogP contribution is -2.29. The molecule has 0 aromatic heterocycles. The second kappa shape index (κ2) is 21.7. The Morgan fingerprint density at radius 1 is 0.862 bits per heavy atom. The molecule has 5 heteroatoms. The molecule has 0 aromatic carbocycles. The summed E-state index contributed by atoms with van der Waals surface area (Å²) in [6.45, 7) is 10.2. The summed E-state index contributed by atoms with van der Waals surface area (Å²) < 4.78 is 10.4. The van der Waals surface area contributed by atoms with Gasteiger partial charge in [-0.3, -0.25) is 4.79 Å². The Morgan fingerprint density at radius 3 is 1.90 bits per heavy atom. The molecule has 0 atom stereocenters. The molecule has 0 radical (unpaired) electrons. The molecule has 0 unspecified atom stereocenters. The van der Waals surface area contributed by atoms with E-state index in [1.807, 2.05) is 13.8 Å². The number of hydrogen-bond donors (Lipinski definition) is 0. The molecule has 0 aliphatic rings. The van der Waals surface area contributed by atoms with Crippen molar-refractivity contribution in [1.29, 1.82) is 0 Å². The second-order valence-corrected chi connectivity index (χ2v) is 8.73. The molecular formula is C24H48O4S. The minimum Gasteiger partial charge on any atom is -0.465 e. The molecule has 0 fully saturated rings. The second-order valence-electron chi connectivity index (χ2n) is 7.63. The highest BCUT2D eigenvalue weighted by molar-refractivity contribution is 7.99. The first-order chi connectivity index (χ1) is 12.9. The molecule has 0 saturated heterocycles. The third kappa shape index (κ3) is 20.1. The number of carbonyl (C=O) groups is 2. The highest BCUT2D eigenvalue weighted by atomic mass is 32.2. The molecule has 0 amide bonds. The fourth-order valence-electron chi connectivity index (χ4n) is 2.60. The maximum atomic E-state index is 12.2. The standard InChI is InChI=1S/C22H40O4S.2CH4/c1-5-7-8-9-10-11-12-13-14-15-16-26-21(24)22(3,4)19-27-18-17-25-20(23)6-2;;/h6H,2,5,7-19H2,1,3-4H3;2*1H4. The van der Waals surface area contributed by atoms with Crippen LogP contribution >= 0.6 is 11.8 Å². The van der Waals surface area contributed by atoms with Crippen LogP contribution in [0.15, 0.2) is 12.7 Å². The van der Waals surface area contributed by atoms with E-state index in [1.54, 1.807) is 11.8 Å². The van der Waals surface area contributed by atoms with Crippen molar-refractivity contribution in [1.82, 2.24) is 0 Å². The lowest BCUT2D eigenvalue weighted by molar-refractivity contribution is -0.152. The Hall–Kier alpha value is -0.970. The molecule has 29 heavy (non-hydrogen) atoms. The summed E-state index contributed by atoms with van der Waals surface area (Å²) in [6.07, 6.45) is 13.8. The van der Waals surface area contributed by atoms with E-state index < -0.39 is 11.4 Å². The van der Waals surface area contributed by atoms with Crippen LogP contribution in [-0.2, 0) is 19.1 Å². The molecule has 0 spiro atoms. The number of rotatable bonds is 18. The van der Waals surface area contributed by atoms with E-state index in [9.17, 15) is 9.59 Å². The average Bonchev–Trinajstić information content (AvgIpc) is 2.65. The monoisotopic (exact) mass is 432 g/mol. The number of hydrogen-bond acceptors (Lipinski definition) is 5. The van der Waals surface area contributed by atoms with Crippen molar-refractivity contribution >= 4 is 23.7 Å². The number of thioether (sulfide) groups is 1. The molecule has 0 saturated carbocycles. The summed E-state index contributed by atoms with van der Waals surface area (Å²) in [4.78, 5) is 23.1. The minimum atomic E-state index is -0.522. The van der Waals surface area contributed by atoms with Gasteiger partial charge in [-0.1, -0.05) is 86.1 Å². The molecule has 0 bridgehead atoms. The zero-order valence-electron chi connectivity index (χ0n) is 17.7. The molecule has 0 N–H and O–H groups in total. The first kappa shape index (κ1) is 32.7. The van der Waals surface area contributed by atoms with E-state index in [1.165, 1.54) is 51.4 Å². The third-order valence-electron chi connectivity index (χ3n) is 4.39. The minimum absolute atomic E-state index is 0. The molecular weight excluding hydrogens is 384 g/mol. The molecule has 0 rings (SSSR count). The molecule has 4 nitrogen and oxygen atoms in total. The largest absolute Gasteiger partial charge is 0.465 e. The fourth-order valence-corrected chi connectivity index (χ4v) is 3.57. The van der Waals surface area contributed by atoms with Gasteiger partial charge in [0.15, 0.2) is 0 Å². The normalized spacial score (nSPS) is 10.4. The van der Waals surface area contributed by atoms with E-state index in [0.717, 1.165) is 18.9 Å². The molecule has 0 heterocycles. The smallest absolute Gasteiger partial charge is 0.330 e. The van der Waals surface area contributed by atoms with Gasteiger partial charge in [0, 0.05) is 17.6 Å². The quantitative estimate of drug-likeness (QED) is 0.130. The van der Waals surface area contributed by atoms with Crippen LogP contribution in [0.1, 0.15) is 99.8 Å². The predicted molar refractivity (Wildman–Crippen MR) is 129 cm³/mol. The van der Waals surface area contributed by atoms with E-state index in [4.69, 9.17) is 9.47 Å². The highest BCUT2D eigenvalue weighted by Gasteiger charge is 2.29. The van der Waals surface area contributed by atoms with Crippen molar-refractivity contribution in [3.05, 3.63) is 12.7 Å². The van der Waals surface area contributed by atoms with E-state index in [0.29, 0.717) is 24.7 Å². The van der Waals surface area contributed by atoms with Gasteiger partial charge in [0.05, 0.1) is 12.0 Å². The van der Waals surface area contributed by atoms with Gasteiger partial charge in [-0.05, 0) is 20.3 Å². The van der Waals surface area contributed by atoms with Crippen molar-refractivity contribution in [2.45, 2.75) is 99.8 Å². The number of unbranched alkanes of at least 4 members (excludes halogenated alkanes) is 9. The van der Waals surface area contributed by atoms with Crippen LogP contribution in [0.3, 0.4) is 0 Å². The van der Waals surface area contributed by atoms with Crippen molar-refractivity contribution in [3.63, 3.8) is 0 Å². The van der Waals surface area contributed by atoms with Crippen LogP contribution in [0.2, 0.25) is 0 Å². The van der Waals surface area contributed by atoms with Gasteiger partial charge in [0.25, 0.3) is 0 Å². The topological polar surface area (TPSA) is 52.6 Å². The Bertz CT molecular complexity index is 408. The van der Waals surface area contributed by atoms with Gasteiger partial charge >= 0.3 is 11.9 Å². The fraction of sp³-hybridized carbons (Fsp3) is 0.833. The van der Waals surface area contributed by atoms with Crippen molar-refractivity contribution in [3.8, 4) is 0 Å². The summed E-state index contributed by atoms with van der Waals surface area (Å²) in [5.41, 5.74) is -0.522. The Balaban J connectivity index is -0.00000338. The Labute approximate surface area is 185 Å². The van der Waals surface area contributed by atoms with Crippen LogP contribution < -0.4 is 0 Å². The van der Waals surface area contributed by atoms with Gasteiger partial charge in [-0.25, -0.2) is 4.79 Å². The van der Waals surface area contributed by atoms with Crippen LogP contribution in [0.4, 0.5) is 0 Å². The molecule has 0 aromatic rings. The SMILES string of the molecule is C.C.C=CC(=O)OCCSCC(C)(C)C(=O)OCCCCCCCCCCCC. The van der Waals surface area contributed by atoms with Crippen LogP contribution in [0.25, 0.3) is 0 Å². The third-order valence-corrected chi connectivity index (χ3v) is 5.77. The predicted octanol–water partition coefficient (Wildman–Crippen LogP) is 7.21. The summed E-state index contributed by atoms with van der Waals surface area (Å²) in [7, 11) is 0. The summed E-state index contributed by atoms with van der Waals surface area (Å²) in [6, 6.07) is 0. The Morgan fingerprint density at radius 2 is 1.38 bits per heavy atom. The van der Waals surface area contributed by atoms with E-state index in [-0.39, 0.29) is 20.8 Å². The van der Waals surface area contributed by atoms with Crippen LogP contribution in [0, 0.1) is 5.41 Å². The van der Waals surface area contributed by atoms with Gasteiger partial charge < -0.3 is 9.47 Å². The van der Waals surface area contributed by atoms with Gasteiger partial charge in [0.2, 0.25) is 0 Å². The van der Waals surface area contributed by atoms with Crippen LogP contribution in [-0.4, -0.2) is 36.7 Å². The highest BCUT2D eigenvalue weighted by Crippen LogP contribution is 2.23. The Kier molecular flexibility index (Phi) is 24.5. The zero-order valence-corrected chi connectivity index (χ0v) is 18.5. The molecule has 0 aliphatic carbocycles. The maximum absolute atomic E-state index is 12.2. The number of ether oxygens (including phenoxy) is 2. The summed E-state index contributed by atoms with van der Waals surface area (Å²) in [5.74, 6) is 0.754. The number of esters is 2. The zero-order chi connectivity index (χ0) is 20.4. The lowest BCUT2D eigenvalue weighted by Gasteiger charge is -2.22. The number of carbonyl (C=O) groups excluding carboxylic acids is 2. The first-order valence-corrected chi connectivity index (χ1v) is 11.6. The van der Waals surface area contributed by atoms with Gasteiger partial charge in [-0.15, -0.1) is 0 Å².